The maximum atomic E-state index is 13.7. The minimum atomic E-state index is -1.59. The fraction of sp³-hybridized carbons (Fsp3) is 0.111. The van der Waals surface area contributed by atoms with Crippen LogP contribution >= 0.6 is 0 Å². The molecule has 0 fully saturated rings. The van der Waals surface area contributed by atoms with Gasteiger partial charge in [-0.05, 0) is 42.5 Å². The summed E-state index contributed by atoms with van der Waals surface area (Å²) in [5.41, 5.74) is -0.146. The molecule has 128 valence electrons. The Kier molecular flexibility index (Phi) is 4.67. The molecule has 2 aromatic carbocycles. The van der Waals surface area contributed by atoms with Crippen LogP contribution < -0.4 is 5.56 Å². The van der Waals surface area contributed by atoms with Crippen molar-refractivity contribution in [2.24, 2.45) is 0 Å². The molecule has 0 amide bonds. The van der Waals surface area contributed by atoms with E-state index in [9.17, 15) is 23.1 Å². The number of hydrogen-bond donors (Lipinski definition) is 1. The third-order valence-electron chi connectivity index (χ3n) is 3.69. The number of rotatable bonds is 4. The van der Waals surface area contributed by atoms with Crippen LogP contribution in [0.3, 0.4) is 0 Å². The first-order chi connectivity index (χ1) is 12.0. The maximum Gasteiger partial charge on any atom is 0.266 e. The zero-order valence-corrected chi connectivity index (χ0v) is 12.9. The molecular formula is C18H13F3N2O2. The average Bonchev–Trinajstić information content (AvgIpc) is 2.57. The molecular weight excluding hydrogens is 333 g/mol. The second-order valence-electron chi connectivity index (χ2n) is 5.40. The van der Waals surface area contributed by atoms with Crippen molar-refractivity contribution in [1.29, 1.82) is 0 Å². The fourth-order valence-corrected chi connectivity index (χ4v) is 2.44. The predicted octanol–water partition coefficient (Wildman–Crippen LogP) is 3.06. The summed E-state index contributed by atoms with van der Waals surface area (Å²) in [6.07, 6.45) is -1.59. The molecule has 0 aliphatic heterocycles. The monoisotopic (exact) mass is 346 g/mol. The molecule has 1 heterocycles. The third-order valence-corrected chi connectivity index (χ3v) is 3.69. The first-order valence-corrected chi connectivity index (χ1v) is 7.42. The van der Waals surface area contributed by atoms with Gasteiger partial charge in [-0.2, -0.15) is 5.10 Å². The van der Waals surface area contributed by atoms with E-state index in [4.69, 9.17) is 0 Å². The van der Waals surface area contributed by atoms with Gasteiger partial charge < -0.3 is 5.11 Å². The Labute approximate surface area is 140 Å². The molecule has 3 rings (SSSR count). The van der Waals surface area contributed by atoms with Crippen LogP contribution in [0, 0.1) is 17.5 Å². The summed E-state index contributed by atoms with van der Waals surface area (Å²) >= 11 is 0. The number of aliphatic hydroxyl groups excluding tert-OH is 1. The van der Waals surface area contributed by atoms with Gasteiger partial charge in [0.05, 0.1) is 17.8 Å². The van der Waals surface area contributed by atoms with E-state index in [-0.39, 0.29) is 0 Å². The number of aromatic nitrogens is 2. The molecule has 0 aliphatic rings. The van der Waals surface area contributed by atoms with E-state index in [1.165, 1.54) is 42.5 Å². The van der Waals surface area contributed by atoms with Crippen molar-refractivity contribution >= 4 is 0 Å². The number of halogens is 3. The molecule has 0 aliphatic carbocycles. The molecule has 7 heteroatoms. The van der Waals surface area contributed by atoms with Gasteiger partial charge >= 0.3 is 0 Å². The Hall–Kier alpha value is -2.93. The van der Waals surface area contributed by atoms with Gasteiger partial charge in [0.2, 0.25) is 0 Å². The van der Waals surface area contributed by atoms with Crippen molar-refractivity contribution < 1.29 is 18.3 Å². The molecule has 1 aromatic heterocycles. The van der Waals surface area contributed by atoms with Crippen LogP contribution in [0.1, 0.15) is 11.7 Å². The molecule has 0 saturated carbocycles. The van der Waals surface area contributed by atoms with E-state index in [1.807, 2.05) is 0 Å². The number of aliphatic hydroxyl groups is 1. The van der Waals surface area contributed by atoms with E-state index in [0.717, 1.165) is 16.8 Å². The molecule has 25 heavy (non-hydrogen) atoms. The highest BCUT2D eigenvalue weighted by Crippen LogP contribution is 2.22. The number of benzene rings is 2. The standard InChI is InChI=1S/C18H13F3N2O2/c19-12-6-4-11(5-7-12)15-8-9-17(25)23(22-15)10-16(24)18-13(20)2-1-3-14(18)21/h1-9,16,24H,10H2. The summed E-state index contributed by atoms with van der Waals surface area (Å²) in [4.78, 5) is 11.9. The minimum absolute atomic E-state index is 0.362. The van der Waals surface area contributed by atoms with Crippen LogP contribution in [-0.4, -0.2) is 14.9 Å². The lowest BCUT2D eigenvalue weighted by molar-refractivity contribution is 0.140. The van der Waals surface area contributed by atoms with Gasteiger partial charge in [-0.25, -0.2) is 17.9 Å². The van der Waals surface area contributed by atoms with Gasteiger partial charge in [-0.3, -0.25) is 4.79 Å². The Balaban J connectivity index is 1.93. The van der Waals surface area contributed by atoms with Gasteiger partial charge in [0.15, 0.2) is 0 Å². The van der Waals surface area contributed by atoms with Crippen LogP contribution in [0.4, 0.5) is 13.2 Å². The lowest BCUT2D eigenvalue weighted by Crippen LogP contribution is -2.26. The Morgan fingerprint density at radius 3 is 2.24 bits per heavy atom. The Bertz CT molecular complexity index is 935. The molecule has 0 spiro atoms. The molecule has 1 unspecified atom stereocenters. The summed E-state index contributed by atoms with van der Waals surface area (Å²) in [6.45, 7) is -0.425. The lowest BCUT2D eigenvalue weighted by atomic mass is 10.1. The number of nitrogens with zero attached hydrogens (tertiary/aromatic N) is 2. The highest BCUT2D eigenvalue weighted by molar-refractivity contribution is 5.57. The Morgan fingerprint density at radius 1 is 0.960 bits per heavy atom. The average molecular weight is 346 g/mol. The van der Waals surface area contributed by atoms with Crippen LogP contribution in [-0.2, 0) is 6.54 Å². The van der Waals surface area contributed by atoms with E-state index < -0.39 is 41.2 Å². The summed E-state index contributed by atoms with van der Waals surface area (Å²) in [5.74, 6) is -2.23. The van der Waals surface area contributed by atoms with Crippen molar-refractivity contribution in [1.82, 2.24) is 9.78 Å². The third kappa shape index (κ3) is 3.61. The maximum absolute atomic E-state index is 13.7. The number of hydrogen-bond acceptors (Lipinski definition) is 3. The summed E-state index contributed by atoms with van der Waals surface area (Å²) < 4.78 is 41.4. The van der Waals surface area contributed by atoms with Crippen LogP contribution in [0.15, 0.2) is 59.4 Å². The van der Waals surface area contributed by atoms with Gasteiger partial charge in [-0.1, -0.05) is 6.07 Å². The van der Waals surface area contributed by atoms with E-state index >= 15 is 0 Å². The molecule has 1 N–H and O–H groups in total. The van der Waals surface area contributed by atoms with Crippen LogP contribution in [0.25, 0.3) is 11.3 Å². The summed E-state index contributed by atoms with van der Waals surface area (Å²) in [7, 11) is 0. The van der Waals surface area contributed by atoms with Crippen molar-refractivity contribution in [3.05, 3.63) is 88.0 Å². The lowest BCUT2D eigenvalue weighted by Gasteiger charge is -2.14. The second-order valence-corrected chi connectivity index (χ2v) is 5.40. The molecule has 1 atom stereocenters. The van der Waals surface area contributed by atoms with Crippen molar-refractivity contribution in [2.45, 2.75) is 12.6 Å². The summed E-state index contributed by atoms with van der Waals surface area (Å²) in [6, 6.07) is 11.4. The largest absolute Gasteiger partial charge is 0.386 e. The molecule has 0 saturated heterocycles. The predicted molar refractivity (Wildman–Crippen MR) is 85.2 cm³/mol. The highest BCUT2D eigenvalue weighted by Gasteiger charge is 2.19. The molecule has 0 bridgehead atoms. The van der Waals surface area contributed by atoms with Crippen molar-refractivity contribution in [3.8, 4) is 11.3 Å². The SMILES string of the molecule is O=c1ccc(-c2ccc(F)cc2)nn1CC(O)c1c(F)cccc1F. The zero-order valence-electron chi connectivity index (χ0n) is 12.9. The van der Waals surface area contributed by atoms with Crippen LogP contribution in [0.5, 0.6) is 0 Å². The van der Waals surface area contributed by atoms with E-state index in [0.29, 0.717) is 11.3 Å². The smallest absolute Gasteiger partial charge is 0.266 e. The van der Waals surface area contributed by atoms with E-state index in [1.54, 1.807) is 0 Å². The van der Waals surface area contributed by atoms with Gasteiger partial charge in [0, 0.05) is 11.6 Å². The van der Waals surface area contributed by atoms with Crippen molar-refractivity contribution in [3.63, 3.8) is 0 Å². The zero-order chi connectivity index (χ0) is 18.0. The molecule has 4 nitrogen and oxygen atoms in total. The first kappa shape index (κ1) is 16.9. The van der Waals surface area contributed by atoms with Gasteiger partial charge in [-0.15, -0.1) is 0 Å². The molecule has 0 radical (unpaired) electrons. The normalized spacial score (nSPS) is 12.2. The quantitative estimate of drug-likeness (QED) is 0.790. The Morgan fingerprint density at radius 2 is 1.60 bits per heavy atom. The summed E-state index contributed by atoms with van der Waals surface area (Å²) in [5, 5.41) is 14.2. The second kappa shape index (κ2) is 6.90. The van der Waals surface area contributed by atoms with Crippen molar-refractivity contribution in [2.75, 3.05) is 0 Å². The van der Waals surface area contributed by atoms with Gasteiger partial charge in [0.1, 0.15) is 23.6 Å². The minimum Gasteiger partial charge on any atom is -0.386 e. The fourth-order valence-electron chi connectivity index (χ4n) is 2.44. The highest BCUT2D eigenvalue weighted by atomic mass is 19.1. The first-order valence-electron chi connectivity index (χ1n) is 7.42. The van der Waals surface area contributed by atoms with E-state index in [2.05, 4.69) is 5.10 Å². The van der Waals surface area contributed by atoms with Crippen LogP contribution in [0.2, 0.25) is 0 Å². The molecule has 3 aromatic rings. The van der Waals surface area contributed by atoms with Gasteiger partial charge in [0.25, 0.3) is 5.56 Å². The topological polar surface area (TPSA) is 55.1 Å².